The van der Waals surface area contributed by atoms with E-state index in [0.29, 0.717) is 18.0 Å². The second-order valence-electron chi connectivity index (χ2n) is 4.39. The topological polar surface area (TPSA) is 92.7 Å². The Balaban J connectivity index is 1.85. The van der Waals surface area contributed by atoms with Crippen LogP contribution in [0.5, 0.6) is 5.75 Å². The highest BCUT2D eigenvalue weighted by atomic mass is 16.5. The van der Waals surface area contributed by atoms with E-state index in [1.165, 1.54) is 6.21 Å². The van der Waals surface area contributed by atoms with Crippen molar-refractivity contribution in [3.8, 4) is 5.75 Å². The van der Waals surface area contributed by atoms with Gasteiger partial charge in [-0.05, 0) is 48.9 Å². The van der Waals surface area contributed by atoms with Gasteiger partial charge in [0.2, 0.25) is 0 Å². The Morgan fingerprint density at radius 1 is 1.13 bits per heavy atom. The third kappa shape index (κ3) is 5.24. The minimum absolute atomic E-state index is 0.492. The van der Waals surface area contributed by atoms with E-state index in [1.54, 1.807) is 48.8 Å². The molecule has 2 N–H and O–H groups in total. The van der Waals surface area contributed by atoms with Crippen molar-refractivity contribution in [3.05, 3.63) is 54.4 Å². The Bertz CT molecular complexity index is 684. The molecule has 1 heterocycles. The number of pyridine rings is 1. The first-order valence-corrected chi connectivity index (χ1v) is 6.96. The van der Waals surface area contributed by atoms with Crippen LogP contribution in [0.3, 0.4) is 0 Å². The van der Waals surface area contributed by atoms with Crippen LogP contribution in [0.1, 0.15) is 12.5 Å². The maximum Gasteiger partial charge on any atom is 0.329 e. The average Bonchev–Trinajstić information content (AvgIpc) is 2.57. The summed E-state index contributed by atoms with van der Waals surface area (Å²) < 4.78 is 5.29. The van der Waals surface area contributed by atoms with Crippen LogP contribution in [-0.2, 0) is 9.59 Å². The van der Waals surface area contributed by atoms with Crippen LogP contribution in [0.2, 0.25) is 0 Å². The van der Waals surface area contributed by atoms with Crippen molar-refractivity contribution in [2.75, 3.05) is 11.9 Å². The van der Waals surface area contributed by atoms with Crippen LogP contribution in [-0.4, -0.2) is 29.6 Å². The number of hydrazone groups is 1. The van der Waals surface area contributed by atoms with E-state index >= 15 is 0 Å². The van der Waals surface area contributed by atoms with Crippen molar-refractivity contribution in [3.63, 3.8) is 0 Å². The lowest BCUT2D eigenvalue weighted by Gasteiger charge is -2.06. The van der Waals surface area contributed by atoms with Gasteiger partial charge in [-0.2, -0.15) is 5.10 Å². The monoisotopic (exact) mass is 312 g/mol. The molecule has 0 radical (unpaired) electrons. The number of carbonyl (C=O) groups is 2. The highest BCUT2D eigenvalue weighted by Crippen LogP contribution is 2.15. The van der Waals surface area contributed by atoms with Gasteiger partial charge < -0.3 is 10.1 Å². The maximum atomic E-state index is 11.7. The van der Waals surface area contributed by atoms with Gasteiger partial charge >= 0.3 is 11.8 Å². The van der Waals surface area contributed by atoms with Crippen molar-refractivity contribution in [2.24, 2.45) is 5.10 Å². The molecule has 2 rings (SSSR count). The Hall–Kier alpha value is -3.22. The molecule has 0 saturated carbocycles. The zero-order valence-electron chi connectivity index (χ0n) is 12.5. The molecule has 23 heavy (non-hydrogen) atoms. The highest BCUT2D eigenvalue weighted by molar-refractivity contribution is 6.39. The minimum Gasteiger partial charge on any atom is -0.494 e. The van der Waals surface area contributed by atoms with Crippen molar-refractivity contribution in [1.29, 1.82) is 0 Å². The lowest BCUT2D eigenvalue weighted by Crippen LogP contribution is -2.32. The smallest absolute Gasteiger partial charge is 0.329 e. The summed E-state index contributed by atoms with van der Waals surface area (Å²) in [5.41, 5.74) is 3.41. The van der Waals surface area contributed by atoms with Crippen LogP contribution in [0, 0.1) is 0 Å². The Labute approximate surface area is 133 Å². The van der Waals surface area contributed by atoms with Gasteiger partial charge in [0.15, 0.2) is 0 Å². The number of nitrogens with one attached hydrogen (secondary N) is 2. The molecule has 118 valence electrons. The van der Waals surface area contributed by atoms with Gasteiger partial charge in [0, 0.05) is 18.1 Å². The summed E-state index contributed by atoms with van der Waals surface area (Å²) in [7, 11) is 0. The fraction of sp³-hybridized carbons (Fsp3) is 0.125. The Kier molecular flexibility index (Phi) is 5.81. The first kappa shape index (κ1) is 16.2. The summed E-state index contributed by atoms with van der Waals surface area (Å²) in [6.07, 6.45) is 4.62. The lowest BCUT2D eigenvalue weighted by molar-refractivity contribution is -0.136. The highest BCUT2D eigenvalue weighted by Gasteiger charge is 2.12. The summed E-state index contributed by atoms with van der Waals surface area (Å²) in [5, 5.41) is 6.18. The van der Waals surface area contributed by atoms with E-state index < -0.39 is 11.8 Å². The molecule has 0 atom stereocenters. The quantitative estimate of drug-likeness (QED) is 0.498. The molecular weight excluding hydrogens is 296 g/mol. The van der Waals surface area contributed by atoms with Gasteiger partial charge in [-0.1, -0.05) is 0 Å². The molecule has 7 heteroatoms. The predicted molar refractivity (Wildman–Crippen MR) is 86.2 cm³/mol. The fourth-order valence-corrected chi connectivity index (χ4v) is 1.65. The molecule has 0 aliphatic rings. The molecule has 2 amide bonds. The Morgan fingerprint density at radius 2 is 1.83 bits per heavy atom. The van der Waals surface area contributed by atoms with Gasteiger partial charge in [-0.15, -0.1) is 0 Å². The number of aromatic nitrogens is 1. The molecule has 0 fully saturated rings. The summed E-state index contributed by atoms with van der Waals surface area (Å²) in [4.78, 5) is 27.2. The third-order valence-electron chi connectivity index (χ3n) is 2.72. The van der Waals surface area contributed by atoms with Crippen LogP contribution in [0.25, 0.3) is 0 Å². The zero-order valence-corrected chi connectivity index (χ0v) is 12.5. The molecule has 2 aromatic rings. The lowest BCUT2D eigenvalue weighted by atomic mass is 10.3. The summed E-state index contributed by atoms with van der Waals surface area (Å²) >= 11 is 0. The molecule has 0 saturated heterocycles. The van der Waals surface area contributed by atoms with Crippen molar-refractivity contribution in [1.82, 2.24) is 10.4 Å². The van der Waals surface area contributed by atoms with Crippen molar-refractivity contribution in [2.45, 2.75) is 6.92 Å². The Morgan fingerprint density at radius 3 is 2.48 bits per heavy atom. The van der Waals surface area contributed by atoms with E-state index in [0.717, 1.165) is 5.56 Å². The summed E-state index contributed by atoms with van der Waals surface area (Å²) in [6.45, 7) is 2.44. The first-order valence-electron chi connectivity index (χ1n) is 6.96. The van der Waals surface area contributed by atoms with Crippen LogP contribution in [0.15, 0.2) is 53.9 Å². The summed E-state index contributed by atoms with van der Waals surface area (Å²) in [6, 6.07) is 10.1. The molecule has 1 aromatic carbocycles. The van der Waals surface area contributed by atoms with Crippen molar-refractivity contribution < 1.29 is 14.3 Å². The number of rotatable bonds is 5. The van der Waals surface area contributed by atoms with Gasteiger partial charge in [0.1, 0.15) is 5.75 Å². The average molecular weight is 312 g/mol. The minimum atomic E-state index is -0.857. The molecule has 1 aromatic heterocycles. The number of carbonyl (C=O) groups excluding carboxylic acids is 2. The molecule has 0 unspecified atom stereocenters. The SMILES string of the molecule is CCOc1ccc(NC(=O)C(=O)NN=Cc2ccncc2)cc1. The molecule has 0 aliphatic heterocycles. The number of hydrogen-bond donors (Lipinski definition) is 2. The van der Waals surface area contributed by atoms with Crippen LogP contribution >= 0.6 is 0 Å². The van der Waals surface area contributed by atoms with Gasteiger partial charge in [0.25, 0.3) is 0 Å². The van der Waals surface area contributed by atoms with Gasteiger partial charge in [-0.3, -0.25) is 14.6 Å². The predicted octanol–water partition coefficient (Wildman–Crippen LogP) is 1.57. The number of ether oxygens (including phenoxy) is 1. The van der Waals surface area contributed by atoms with E-state index in [2.05, 4.69) is 20.8 Å². The van der Waals surface area contributed by atoms with E-state index in [1.807, 2.05) is 6.92 Å². The second-order valence-corrected chi connectivity index (χ2v) is 4.39. The summed E-state index contributed by atoms with van der Waals surface area (Å²) in [5.74, 6) is -0.970. The van der Waals surface area contributed by atoms with Crippen molar-refractivity contribution >= 4 is 23.7 Å². The van der Waals surface area contributed by atoms with Crippen LogP contribution < -0.4 is 15.5 Å². The number of hydrogen-bond acceptors (Lipinski definition) is 5. The molecule has 0 spiro atoms. The molecular formula is C16H16N4O3. The normalized spacial score (nSPS) is 10.3. The van der Waals surface area contributed by atoms with Gasteiger partial charge in [-0.25, -0.2) is 5.43 Å². The number of benzene rings is 1. The fourth-order valence-electron chi connectivity index (χ4n) is 1.65. The van der Waals surface area contributed by atoms with E-state index in [-0.39, 0.29) is 0 Å². The third-order valence-corrected chi connectivity index (χ3v) is 2.72. The largest absolute Gasteiger partial charge is 0.494 e. The first-order chi connectivity index (χ1) is 11.2. The zero-order chi connectivity index (χ0) is 16.5. The number of amides is 2. The van der Waals surface area contributed by atoms with Crippen LogP contribution in [0.4, 0.5) is 5.69 Å². The molecule has 0 bridgehead atoms. The van der Waals surface area contributed by atoms with Gasteiger partial charge in [0.05, 0.1) is 12.8 Å². The second kappa shape index (κ2) is 8.28. The maximum absolute atomic E-state index is 11.7. The standard InChI is InChI=1S/C16H16N4O3/c1-2-23-14-5-3-13(4-6-14)19-15(21)16(22)20-18-11-12-7-9-17-10-8-12/h3-11H,2H2,1H3,(H,19,21)(H,20,22). The molecule has 7 nitrogen and oxygen atoms in total. The van der Waals surface area contributed by atoms with E-state index in [9.17, 15) is 9.59 Å². The number of nitrogens with zero attached hydrogens (tertiary/aromatic N) is 2. The molecule has 0 aliphatic carbocycles. The number of anilines is 1. The van der Waals surface area contributed by atoms with E-state index in [4.69, 9.17) is 4.74 Å².